The molecule has 1 N–H and O–H groups in total. The van der Waals surface area contributed by atoms with Gasteiger partial charge in [0.25, 0.3) is 0 Å². The van der Waals surface area contributed by atoms with Gasteiger partial charge in [-0.2, -0.15) is 0 Å². The maximum Gasteiger partial charge on any atom is 0.143 e. The quantitative estimate of drug-likeness (QED) is 0.893. The molecule has 0 fully saturated rings. The number of carbonyl (C=O) groups is 1. The van der Waals surface area contributed by atoms with Gasteiger partial charge in [-0.05, 0) is 49.6 Å². The second-order valence-corrected chi connectivity index (χ2v) is 4.17. The fraction of sp³-hybridized carbons (Fsp3) is 0.125. The van der Waals surface area contributed by atoms with Crippen molar-refractivity contribution in [3.05, 3.63) is 26.6 Å². The molecule has 1 rings (SSSR count). The minimum Gasteiger partial charge on any atom is -0.550 e. The van der Waals surface area contributed by atoms with Crippen LogP contribution in [0.3, 0.4) is 0 Å². The third kappa shape index (κ3) is 2.70. The van der Waals surface area contributed by atoms with Gasteiger partial charge in [-0.3, -0.25) is 0 Å². The van der Waals surface area contributed by atoms with Crippen molar-refractivity contribution >= 4 is 37.8 Å². The van der Waals surface area contributed by atoms with Crippen LogP contribution >= 0.6 is 31.9 Å². The topological polar surface area (TPSA) is 60.4 Å². The Bertz CT molecular complexity index is 326. The molecule has 3 nitrogen and oxygen atoms in total. The summed E-state index contributed by atoms with van der Waals surface area (Å²) < 4.78 is 0.913. The van der Waals surface area contributed by atoms with E-state index in [1.54, 1.807) is 0 Å². The number of halogens is 2. The number of carboxylic acids is 1. The van der Waals surface area contributed by atoms with Crippen LogP contribution in [0.1, 0.15) is 5.56 Å². The molecule has 0 aliphatic heterocycles. The van der Waals surface area contributed by atoms with Gasteiger partial charge in [0.05, 0.1) is 8.95 Å². The number of phenolic OH excluding ortho intramolecular Hbond substituents is 1. The Morgan fingerprint density at radius 3 is 2.23 bits per heavy atom. The molecule has 0 saturated heterocycles. The highest BCUT2D eigenvalue weighted by Crippen LogP contribution is 2.33. The Balaban J connectivity index is 3.06. The van der Waals surface area contributed by atoms with Crippen molar-refractivity contribution in [2.75, 3.05) is 0 Å². The minimum atomic E-state index is -1.15. The summed E-state index contributed by atoms with van der Waals surface area (Å²) in [6.45, 7) is 0. The molecule has 0 aromatic heterocycles. The zero-order valence-electron chi connectivity index (χ0n) is 6.38. The zero-order chi connectivity index (χ0) is 10.0. The summed E-state index contributed by atoms with van der Waals surface area (Å²) in [5.74, 6) is -1.09. The molecule has 1 aromatic carbocycles. The van der Waals surface area contributed by atoms with Crippen LogP contribution < -0.4 is 5.11 Å². The number of carbonyl (C=O) groups excluding carboxylic acids is 1. The van der Waals surface area contributed by atoms with Crippen molar-refractivity contribution in [1.29, 1.82) is 0 Å². The van der Waals surface area contributed by atoms with Crippen LogP contribution in [0.4, 0.5) is 0 Å². The Hall–Kier alpha value is -0.550. The van der Waals surface area contributed by atoms with Crippen LogP contribution in [0.15, 0.2) is 21.1 Å². The first-order valence-corrected chi connectivity index (χ1v) is 4.96. The summed E-state index contributed by atoms with van der Waals surface area (Å²) in [4.78, 5) is 10.3. The van der Waals surface area contributed by atoms with E-state index in [9.17, 15) is 15.0 Å². The number of carboxylic acid groups (broad SMARTS) is 1. The van der Waals surface area contributed by atoms with Gasteiger partial charge in [0.15, 0.2) is 0 Å². The molecule has 0 aliphatic carbocycles. The van der Waals surface area contributed by atoms with Crippen LogP contribution in [0, 0.1) is 0 Å². The Kier molecular flexibility index (Phi) is 3.33. The molecular weight excluding hydrogens is 304 g/mol. The molecule has 0 aliphatic rings. The number of phenols is 1. The van der Waals surface area contributed by atoms with E-state index in [2.05, 4.69) is 31.9 Å². The molecule has 13 heavy (non-hydrogen) atoms. The number of aromatic hydroxyl groups is 1. The molecule has 0 spiro atoms. The van der Waals surface area contributed by atoms with Crippen molar-refractivity contribution in [3.63, 3.8) is 0 Å². The molecule has 1 aromatic rings. The molecule has 5 heteroatoms. The third-order valence-electron chi connectivity index (χ3n) is 1.43. The number of hydrogen-bond donors (Lipinski definition) is 1. The molecule has 0 heterocycles. The lowest BCUT2D eigenvalue weighted by Gasteiger charge is -2.06. The van der Waals surface area contributed by atoms with E-state index in [4.69, 9.17) is 0 Å². The van der Waals surface area contributed by atoms with Crippen LogP contribution in [0.2, 0.25) is 0 Å². The molecule has 0 amide bonds. The van der Waals surface area contributed by atoms with Gasteiger partial charge < -0.3 is 15.0 Å². The van der Waals surface area contributed by atoms with Crippen molar-refractivity contribution in [2.24, 2.45) is 0 Å². The van der Waals surface area contributed by atoms with Gasteiger partial charge in [0.2, 0.25) is 0 Å². The highest BCUT2D eigenvalue weighted by molar-refractivity contribution is 9.11. The first-order valence-electron chi connectivity index (χ1n) is 3.37. The predicted molar refractivity (Wildman–Crippen MR) is 52.2 cm³/mol. The van der Waals surface area contributed by atoms with Gasteiger partial charge in [0.1, 0.15) is 5.75 Å². The molecule has 70 valence electrons. The maximum atomic E-state index is 10.3. The first-order chi connectivity index (χ1) is 6.00. The lowest BCUT2D eigenvalue weighted by molar-refractivity contribution is -0.304. The van der Waals surface area contributed by atoms with Crippen LogP contribution in [0.5, 0.6) is 5.75 Å². The van der Waals surface area contributed by atoms with Crippen molar-refractivity contribution in [1.82, 2.24) is 0 Å². The summed E-state index contributed by atoms with van der Waals surface area (Å²) in [5.41, 5.74) is 0.566. The zero-order valence-corrected chi connectivity index (χ0v) is 9.55. The van der Waals surface area contributed by atoms with E-state index in [1.807, 2.05) is 0 Å². The fourth-order valence-electron chi connectivity index (χ4n) is 0.887. The maximum absolute atomic E-state index is 10.3. The van der Waals surface area contributed by atoms with Gasteiger partial charge >= 0.3 is 0 Å². The van der Waals surface area contributed by atoms with Gasteiger partial charge in [-0.1, -0.05) is 0 Å². The molecule has 0 unspecified atom stereocenters. The largest absolute Gasteiger partial charge is 0.550 e. The molecule has 0 bridgehead atoms. The average molecular weight is 309 g/mol. The van der Waals surface area contributed by atoms with Crippen molar-refractivity contribution in [3.8, 4) is 5.75 Å². The monoisotopic (exact) mass is 307 g/mol. The van der Waals surface area contributed by atoms with E-state index in [0.717, 1.165) is 0 Å². The molecule has 0 saturated carbocycles. The second kappa shape index (κ2) is 4.11. The van der Waals surface area contributed by atoms with Crippen molar-refractivity contribution in [2.45, 2.75) is 6.42 Å². The van der Waals surface area contributed by atoms with E-state index in [-0.39, 0.29) is 12.2 Å². The van der Waals surface area contributed by atoms with Crippen LogP contribution in [0.25, 0.3) is 0 Å². The Labute approximate surface area is 91.6 Å². The van der Waals surface area contributed by atoms with Crippen LogP contribution in [-0.4, -0.2) is 11.1 Å². The normalized spacial score (nSPS) is 10.0. The van der Waals surface area contributed by atoms with Gasteiger partial charge in [0, 0.05) is 12.4 Å². The standard InChI is InChI=1S/C8H6Br2O3/c9-5-1-4(3-7(11)12)2-6(10)8(5)13/h1-2,13H,3H2,(H,11,12)/p-1. The number of benzene rings is 1. The molecular formula is C8H5Br2O3-. The molecule has 0 atom stereocenters. The lowest BCUT2D eigenvalue weighted by Crippen LogP contribution is -2.24. The van der Waals surface area contributed by atoms with E-state index in [0.29, 0.717) is 14.5 Å². The molecule has 0 radical (unpaired) electrons. The second-order valence-electron chi connectivity index (χ2n) is 2.46. The number of hydrogen-bond acceptors (Lipinski definition) is 3. The lowest BCUT2D eigenvalue weighted by atomic mass is 10.1. The minimum absolute atomic E-state index is 0.0575. The first kappa shape index (κ1) is 10.5. The van der Waals surface area contributed by atoms with Crippen LogP contribution in [-0.2, 0) is 11.2 Å². The summed E-state index contributed by atoms with van der Waals surface area (Å²) in [6.07, 6.45) is -0.169. The number of rotatable bonds is 2. The van der Waals surface area contributed by atoms with Gasteiger partial charge in [-0.15, -0.1) is 0 Å². The SMILES string of the molecule is O=C([O-])Cc1cc(Br)c(O)c(Br)c1. The Morgan fingerprint density at radius 2 is 1.85 bits per heavy atom. The van der Waals surface area contributed by atoms with Crippen molar-refractivity contribution < 1.29 is 15.0 Å². The summed E-state index contributed by atoms with van der Waals surface area (Å²) in [6, 6.07) is 3.08. The average Bonchev–Trinajstić information content (AvgIpc) is 1.98. The Morgan fingerprint density at radius 1 is 1.38 bits per heavy atom. The highest BCUT2D eigenvalue weighted by atomic mass is 79.9. The highest BCUT2D eigenvalue weighted by Gasteiger charge is 2.05. The van der Waals surface area contributed by atoms with Gasteiger partial charge in [-0.25, -0.2) is 0 Å². The number of aliphatic carboxylic acids is 1. The third-order valence-corrected chi connectivity index (χ3v) is 2.63. The summed E-state index contributed by atoms with van der Waals surface area (Å²) in [7, 11) is 0. The van der Waals surface area contributed by atoms with E-state index >= 15 is 0 Å². The predicted octanol–water partition coefficient (Wildman–Crippen LogP) is 1.21. The summed E-state index contributed by atoms with van der Waals surface area (Å²) in [5, 5.41) is 19.6. The fourth-order valence-corrected chi connectivity index (χ4v) is 2.17. The smallest absolute Gasteiger partial charge is 0.143 e. The summed E-state index contributed by atoms with van der Waals surface area (Å²) >= 11 is 6.19. The van der Waals surface area contributed by atoms with E-state index in [1.165, 1.54) is 12.1 Å². The van der Waals surface area contributed by atoms with E-state index < -0.39 is 5.97 Å².